The minimum absolute atomic E-state index is 0.0211. The van der Waals surface area contributed by atoms with Gasteiger partial charge >= 0.3 is 0 Å². The summed E-state index contributed by atoms with van der Waals surface area (Å²) >= 11 is 0. The summed E-state index contributed by atoms with van der Waals surface area (Å²) in [5, 5.41) is 31.6. The zero-order valence-corrected chi connectivity index (χ0v) is 14.1. The van der Waals surface area contributed by atoms with E-state index in [0.29, 0.717) is 5.56 Å². The smallest absolute Gasteiger partial charge is 0.154 e. The second kappa shape index (κ2) is 6.52. The van der Waals surface area contributed by atoms with Crippen LogP contribution in [0.3, 0.4) is 0 Å². The number of benzene rings is 1. The number of fused-ring (bicyclic) bond motifs is 1. The van der Waals surface area contributed by atoms with E-state index < -0.39 is 41.9 Å². The Morgan fingerprint density at radius 3 is 2.52 bits per heavy atom. The van der Waals surface area contributed by atoms with E-state index in [1.54, 1.807) is 0 Å². The second-order valence-electron chi connectivity index (χ2n) is 6.79. The van der Waals surface area contributed by atoms with Crippen molar-refractivity contribution in [3.05, 3.63) is 54.0 Å². The Hall–Kier alpha value is -2.62. The van der Waals surface area contributed by atoms with E-state index in [1.807, 2.05) is 0 Å². The quantitative estimate of drug-likeness (QED) is 0.548. The predicted molar refractivity (Wildman–Crippen MR) is 92.4 cm³/mol. The minimum Gasteiger partial charge on any atom is -0.390 e. The van der Waals surface area contributed by atoms with Crippen molar-refractivity contribution in [2.75, 3.05) is 5.73 Å². The fraction of sp³-hybridized carbons (Fsp3) is 0.333. The summed E-state index contributed by atoms with van der Waals surface area (Å²) in [6.45, 7) is 0. The molecule has 3 aromatic rings. The predicted octanol–water partition coefficient (Wildman–Crippen LogP) is 1.31. The molecule has 27 heavy (non-hydrogen) atoms. The van der Waals surface area contributed by atoms with Crippen LogP contribution in [-0.2, 0) is 0 Å². The van der Waals surface area contributed by atoms with Gasteiger partial charge in [0.2, 0.25) is 0 Å². The number of anilines is 1. The van der Waals surface area contributed by atoms with Crippen molar-refractivity contribution in [3.8, 4) is 0 Å². The van der Waals surface area contributed by atoms with Gasteiger partial charge in [0.25, 0.3) is 0 Å². The Kier molecular flexibility index (Phi) is 4.29. The van der Waals surface area contributed by atoms with Crippen molar-refractivity contribution in [2.24, 2.45) is 5.92 Å². The van der Waals surface area contributed by atoms with E-state index in [-0.39, 0.29) is 23.3 Å². The molecule has 0 saturated heterocycles. The van der Waals surface area contributed by atoms with Crippen LogP contribution in [0.5, 0.6) is 0 Å². The van der Waals surface area contributed by atoms with Gasteiger partial charge in [0, 0.05) is 12.1 Å². The highest BCUT2D eigenvalue weighted by Crippen LogP contribution is 2.43. The van der Waals surface area contributed by atoms with E-state index in [2.05, 4.69) is 9.97 Å². The van der Waals surface area contributed by atoms with Crippen LogP contribution in [0.4, 0.5) is 14.6 Å². The molecule has 5 atom stereocenters. The molecule has 2 aromatic heterocycles. The van der Waals surface area contributed by atoms with Crippen molar-refractivity contribution >= 4 is 16.9 Å². The summed E-state index contributed by atoms with van der Waals surface area (Å²) in [7, 11) is 0. The standard InChI is InChI=1S/C18H18F2N4O3/c19-9-3-1-8(2-4-9)14(25)10-5-12(16(27)15(10)26)24-6-11(20)13-17(21)22-7-23-18(13)24/h1-4,6-7,10,12,14-16,25-27H,5H2,(H2,21,22,23)/t10?,12?,14-,15+,16-/m0/s1. The molecule has 1 aliphatic carbocycles. The van der Waals surface area contributed by atoms with Gasteiger partial charge in [-0.1, -0.05) is 12.1 Å². The maximum atomic E-state index is 14.3. The first-order valence-electron chi connectivity index (χ1n) is 8.44. The average molecular weight is 376 g/mol. The molecule has 142 valence electrons. The van der Waals surface area contributed by atoms with Gasteiger partial charge in [0.05, 0.1) is 23.6 Å². The number of rotatable bonds is 3. The molecular weight excluding hydrogens is 358 g/mol. The number of aromatic nitrogens is 3. The Labute approximate surface area is 152 Å². The van der Waals surface area contributed by atoms with Gasteiger partial charge in [-0.15, -0.1) is 0 Å². The Morgan fingerprint density at radius 1 is 1.11 bits per heavy atom. The number of aliphatic hydroxyl groups excluding tert-OH is 3. The number of hydrogen-bond acceptors (Lipinski definition) is 6. The molecule has 7 nitrogen and oxygen atoms in total. The number of nitrogens with zero attached hydrogens (tertiary/aromatic N) is 3. The molecule has 0 aliphatic heterocycles. The topological polar surface area (TPSA) is 117 Å². The van der Waals surface area contributed by atoms with Crippen LogP contribution in [0.2, 0.25) is 0 Å². The average Bonchev–Trinajstić information content (AvgIpc) is 3.13. The number of halogens is 2. The molecule has 5 N–H and O–H groups in total. The number of nitrogens with two attached hydrogens (primary N) is 1. The second-order valence-corrected chi connectivity index (χ2v) is 6.79. The van der Waals surface area contributed by atoms with Crippen molar-refractivity contribution in [1.29, 1.82) is 0 Å². The van der Waals surface area contributed by atoms with E-state index in [9.17, 15) is 24.1 Å². The van der Waals surface area contributed by atoms with Crippen LogP contribution < -0.4 is 5.73 Å². The van der Waals surface area contributed by atoms with Gasteiger partial charge < -0.3 is 25.6 Å². The van der Waals surface area contributed by atoms with E-state index >= 15 is 0 Å². The molecule has 9 heteroatoms. The van der Waals surface area contributed by atoms with Crippen LogP contribution >= 0.6 is 0 Å². The van der Waals surface area contributed by atoms with Gasteiger partial charge in [-0.3, -0.25) is 0 Å². The summed E-state index contributed by atoms with van der Waals surface area (Å²) in [5.41, 5.74) is 6.33. The SMILES string of the molecule is Nc1ncnc2c1c(F)cn2C1CC([C@@H](O)c2ccc(F)cc2)[C@@H](O)[C@H]1O. The van der Waals surface area contributed by atoms with Crippen molar-refractivity contribution in [3.63, 3.8) is 0 Å². The molecule has 4 rings (SSSR count). The molecule has 2 unspecified atom stereocenters. The molecule has 1 aromatic carbocycles. The summed E-state index contributed by atoms with van der Waals surface area (Å²) in [6, 6.07) is 4.54. The Bertz CT molecular complexity index is 979. The summed E-state index contributed by atoms with van der Waals surface area (Å²) < 4.78 is 28.8. The third-order valence-electron chi connectivity index (χ3n) is 5.26. The van der Waals surface area contributed by atoms with E-state index in [1.165, 1.54) is 35.2 Å². The summed E-state index contributed by atoms with van der Waals surface area (Å²) in [4.78, 5) is 7.80. The van der Waals surface area contributed by atoms with Crippen LogP contribution in [0.15, 0.2) is 36.8 Å². The third-order valence-corrected chi connectivity index (χ3v) is 5.26. The number of aliphatic hydroxyl groups is 3. The summed E-state index contributed by atoms with van der Waals surface area (Å²) in [5.74, 6) is -1.82. The first-order chi connectivity index (χ1) is 12.9. The van der Waals surface area contributed by atoms with Crippen LogP contribution in [0, 0.1) is 17.6 Å². The molecule has 1 aliphatic rings. The van der Waals surface area contributed by atoms with Crippen molar-refractivity contribution in [2.45, 2.75) is 30.8 Å². The van der Waals surface area contributed by atoms with Crippen LogP contribution in [-0.4, -0.2) is 42.1 Å². The van der Waals surface area contributed by atoms with Crippen molar-refractivity contribution < 1.29 is 24.1 Å². The van der Waals surface area contributed by atoms with E-state index in [0.717, 1.165) is 6.20 Å². The zero-order chi connectivity index (χ0) is 19.3. The molecule has 0 amide bonds. The molecule has 0 bridgehead atoms. The molecule has 0 radical (unpaired) electrons. The van der Waals surface area contributed by atoms with E-state index in [4.69, 9.17) is 5.73 Å². The third kappa shape index (κ3) is 2.84. The fourth-order valence-electron chi connectivity index (χ4n) is 3.85. The monoisotopic (exact) mass is 376 g/mol. The normalized spacial score (nSPS) is 26.6. The number of nitrogen functional groups attached to an aromatic ring is 1. The molecular formula is C18H18F2N4O3. The largest absolute Gasteiger partial charge is 0.390 e. The van der Waals surface area contributed by atoms with Gasteiger partial charge in [0.15, 0.2) is 5.82 Å². The lowest BCUT2D eigenvalue weighted by molar-refractivity contribution is -0.0265. The maximum absolute atomic E-state index is 14.3. The van der Waals surface area contributed by atoms with Gasteiger partial charge in [0.1, 0.15) is 29.7 Å². The lowest BCUT2D eigenvalue weighted by atomic mass is 9.92. The van der Waals surface area contributed by atoms with Gasteiger partial charge in [-0.2, -0.15) is 0 Å². The molecule has 2 heterocycles. The number of hydrogen-bond donors (Lipinski definition) is 4. The Balaban J connectivity index is 1.68. The van der Waals surface area contributed by atoms with Gasteiger partial charge in [-0.25, -0.2) is 18.7 Å². The Morgan fingerprint density at radius 2 is 1.81 bits per heavy atom. The summed E-state index contributed by atoms with van der Waals surface area (Å²) in [6.07, 6.45) is -1.12. The van der Waals surface area contributed by atoms with Crippen LogP contribution in [0.25, 0.3) is 11.0 Å². The highest BCUT2D eigenvalue weighted by Gasteiger charge is 2.46. The molecule has 0 spiro atoms. The minimum atomic E-state index is -1.25. The lowest BCUT2D eigenvalue weighted by Gasteiger charge is -2.22. The zero-order valence-electron chi connectivity index (χ0n) is 14.1. The van der Waals surface area contributed by atoms with Crippen LogP contribution in [0.1, 0.15) is 24.1 Å². The van der Waals surface area contributed by atoms with Gasteiger partial charge in [-0.05, 0) is 24.1 Å². The first-order valence-corrected chi connectivity index (χ1v) is 8.44. The highest BCUT2D eigenvalue weighted by atomic mass is 19.1. The first kappa shape index (κ1) is 17.8. The lowest BCUT2D eigenvalue weighted by Crippen LogP contribution is -2.31. The molecule has 1 fully saturated rings. The fourth-order valence-corrected chi connectivity index (χ4v) is 3.85. The highest BCUT2D eigenvalue weighted by molar-refractivity contribution is 5.86. The maximum Gasteiger partial charge on any atom is 0.154 e. The molecule has 1 saturated carbocycles. The van der Waals surface area contributed by atoms with Crippen molar-refractivity contribution in [1.82, 2.24) is 14.5 Å².